The zero-order valence-corrected chi connectivity index (χ0v) is 34.8. The summed E-state index contributed by atoms with van der Waals surface area (Å²) >= 11 is 1.62. The average molecular weight is 748 g/mol. The van der Waals surface area contributed by atoms with Crippen molar-refractivity contribution in [3.63, 3.8) is 0 Å². The Labute approximate surface area is 314 Å². The first-order valence-corrected chi connectivity index (χ1v) is 22.0. The van der Waals surface area contributed by atoms with Gasteiger partial charge in [0.05, 0.1) is 30.0 Å². The number of thiazole rings is 1. The maximum absolute atomic E-state index is 13.6. The molecule has 0 radical (unpaired) electrons. The molecule has 0 unspecified atom stereocenters. The summed E-state index contributed by atoms with van der Waals surface area (Å²) in [5, 5.41) is 6.02. The first-order chi connectivity index (χ1) is 24.3. The van der Waals surface area contributed by atoms with Gasteiger partial charge < -0.3 is 23.5 Å². The van der Waals surface area contributed by atoms with Gasteiger partial charge in [-0.25, -0.2) is 14.8 Å². The number of aryl methyl sites for hydroxylation is 1. The summed E-state index contributed by atoms with van der Waals surface area (Å²) in [6.07, 6.45) is 5.01. The van der Waals surface area contributed by atoms with Crippen LogP contribution in [0.15, 0.2) is 49.2 Å². The van der Waals surface area contributed by atoms with E-state index in [-0.39, 0.29) is 17.2 Å². The third-order valence-electron chi connectivity index (χ3n) is 9.99. The minimum atomic E-state index is -2.02. The van der Waals surface area contributed by atoms with Crippen LogP contribution >= 0.6 is 11.3 Å². The molecule has 0 bridgehead atoms. The van der Waals surface area contributed by atoms with Gasteiger partial charge in [0.15, 0.2) is 11.8 Å². The number of aromatic nitrogens is 4. The van der Waals surface area contributed by atoms with Gasteiger partial charge in [0.2, 0.25) is 8.32 Å². The van der Waals surface area contributed by atoms with Crippen molar-refractivity contribution in [1.82, 2.24) is 19.6 Å². The van der Waals surface area contributed by atoms with Crippen molar-refractivity contribution in [3.05, 3.63) is 70.9 Å². The van der Waals surface area contributed by atoms with Crippen LogP contribution < -0.4 is 9.33 Å². The van der Waals surface area contributed by atoms with Gasteiger partial charge in [0.1, 0.15) is 22.3 Å². The van der Waals surface area contributed by atoms with Crippen LogP contribution in [-0.4, -0.2) is 71.4 Å². The SMILES string of the molecule is C=CCOC1(C)CCN(c2c([C@H](OC(C)(C)C)C(=O)OCC)c(C)nc3cc(-c4ncc(Cc5ccccc5O[Si](C)(C)C(C)(C)C)s4)nn23)CC1. The lowest BCUT2D eigenvalue weighted by molar-refractivity contribution is -0.166. The van der Waals surface area contributed by atoms with E-state index in [1.165, 1.54) is 0 Å². The number of piperidine rings is 1. The molecule has 3 aromatic heterocycles. The van der Waals surface area contributed by atoms with Crippen LogP contribution in [0, 0.1) is 6.92 Å². The van der Waals surface area contributed by atoms with E-state index in [1.54, 1.807) is 24.3 Å². The van der Waals surface area contributed by atoms with Crippen LogP contribution in [-0.2, 0) is 25.4 Å². The van der Waals surface area contributed by atoms with Crippen LogP contribution in [0.4, 0.5) is 5.82 Å². The molecule has 1 aliphatic rings. The molecule has 1 atom stereocenters. The van der Waals surface area contributed by atoms with Crippen molar-refractivity contribution in [1.29, 1.82) is 0 Å². The quantitative estimate of drug-likeness (QED) is 0.0753. The Balaban J connectivity index is 1.55. The molecule has 1 saturated heterocycles. The number of ether oxygens (including phenoxy) is 3. The molecule has 0 N–H and O–H groups in total. The lowest BCUT2D eigenvalue weighted by Gasteiger charge is -2.41. The fourth-order valence-electron chi connectivity index (χ4n) is 6.10. The predicted octanol–water partition coefficient (Wildman–Crippen LogP) is 9.12. The van der Waals surface area contributed by atoms with Gasteiger partial charge in [-0.05, 0) is 84.1 Å². The number of benzene rings is 1. The Morgan fingerprint density at radius 1 is 1.13 bits per heavy atom. The lowest BCUT2D eigenvalue weighted by atomic mass is 9.92. The number of esters is 1. The summed E-state index contributed by atoms with van der Waals surface area (Å²) < 4.78 is 26.8. The molecule has 0 spiro atoms. The van der Waals surface area contributed by atoms with Crippen LogP contribution in [0.2, 0.25) is 18.1 Å². The van der Waals surface area contributed by atoms with Crippen molar-refractivity contribution in [2.75, 3.05) is 31.2 Å². The summed E-state index contributed by atoms with van der Waals surface area (Å²) in [6.45, 7) is 29.0. The van der Waals surface area contributed by atoms with E-state index in [0.717, 1.165) is 39.9 Å². The fourth-order valence-corrected chi connectivity index (χ4v) is 8.04. The summed E-state index contributed by atoms with van der Waals surface area (Å²) in [4.78, 5) is 26.8. The monoisotopic (exact) mass is 747 g/mol. The summed E-state index contributed by atoms with van der Waals surface area (Å²) in [7, 11) is -2.02. The number of hydrogen-bond donors (Lipinski definition) is 0. The second-order valence-electron chi connectivity index (χ2n) is 16.4. The third-order valence-corrected chi connectivity index (χ3v) is 15.4. The number of rotatable bonds is 13. The molecule has 0 saturated carbocycles. The van der Waals surface area contributed by atoms with Gasteiger partial charge >= 0.3 is 5.97 Å². The van der Waals surface area contributed by atoms with Crippen molar-refractivity contribution >= 4 is 37.1 Å². The van der Waals surface area contributed by atoms with Gasteiger partial charge in [-0.2, -0.15) is 9.61 Å². The van der Waals surface area contributed by atoms with Crippen LogP contribution in [0.3, 0.4) is 0 Å². The van der Waals surface area contributed by atoms with Gasteiger partial charge in [-0.1, -0.05) is 45.0 Å². The van der Waals surface area contributed by atoms with Gasteiger partial charge in [0, 0.05) is 42.3 Å². The molecule has 5 rings (SSSR count). The lowest BCUT2D eigenvalue weighted by Crippen LogP contribution is -2.45. The molecule has 1 fully saturated rings. The normalized spacial score (nSPS) is 15.9. The molecule has 0 amide bonds. The van der Waals surface area contributed by atoms with E-state index in [1.807, 2.05) is 50.5 Å². The topological polar surface area (TPSA) is 100 Å². The molecule has 1 aromatic carbocycles. The highest BCUT2D eigenvalue weighted by Gasteiger charge is 2.40. The Bertz CT molecular complexity index is 1880. The number of nitrogens with zero attached hydrogens (tertiary/aromatic N) is 5. The van der Waals surface area contributed by atoms with Crippen LogP contribution in [0.25, 0.3) is 16.3 Å². The molecule has 4 heterocycles. The smallest absolute Gasteiger partial charge is 0.340 e. The highest BCUT2D eigenvalue weighted by Crippen LogP contribution is 2.41. The molecular formula is C40H57N5O5SSi. The Morgan fingerprint density at radius 3 is 2.46 bits per heavy atom. The third kappa shape index (κ3) is 8.95. The summed E-state index contributed by atoms with van der Waals surface area (Å²) in [5.74, 6) is 1.26. The van der Waals surface area contributed by atoms with E-state index >= 15 is 0 Å². The zero-order valence-electron chi connectivity index (χ0n) is 33.0. The Hall–Kier alpha value is -3.58. The summed E-state index contributed by atoms with van der Waals surface area (Å²) in [5.41, 5.74) is 2.96. The molecule has 0 aliphatic carbocycles. The number of para-hydroxylation sites is 1. The molecular weight excluding hydrogens is 691 g/mol. The fraction of sp³-hybridized carbons (Fsp3) is 0.550. The van der Waals surface area contributed by atoms with E-state index in [0.29, 0.717) is 48.7 Å². The number of hydrogen-bond acceptors (Lipinski definition) is 10. The molecule has 4 aromatic rings. The van der Waals surface area contributed by atoms with Crippen molar-refractivity contribution in [2.24, 2.45) is 0 Å². The maximum Gasteiger partial charge on any atom is 0.340 e. The van der Waals surface area contributed by atoms with E-state index in [4.69, 9.17) is 33.7 Å². The number of carbonyl (C=O) groups excluding carboxylic acids is 1. The highest BCUT2D eigenvalue weighted by molar-refractivity contribution is 7.15. The first-order valence-electron chi connectivity index (χ1n) is 18.3. The van der Waals surface area contributed by atoms with E-state index in [2.05, 4.69) is 70.5 Å². The first kappa shape index (κ1) is 39.6. The minimum Gasteiger partial charge on any atom is -0.543 e. The minimum absolute atomic E-state index is 0.0916. The molecule has 10 nitrogen and oxygen atoms in total. The Kier molecular flexibility index (Phi) is 11.7. The van der Waals surface area contributed by atoms with Crippen LogP contribution in [0.1, 0.15) is 96.0 Å². The van der Waals surface area contributed by atoms with Crippen molar-refractivity contribution < 1.29 is 23.4 Å². The standard InChI is InChI=1S/C40H57N5O5SSi/c1-13-23-48-40(10)19-21-44(22-20-40)36-33(34(37(46)47-14-2)49-38(4,5)6)27(3)42-32-25-30(43-45(32)36)35-41-26-29(51-35)24-28-17-15-16-18-31(28)50-52(11,12)39(7,8)9/h13,15-18,25-26,34H,1,14,19-24H2,2-12H3/t34-/m0/s1. The largest absolute Gasteiger partial charge is 0.543 e. The number of carbonyl (C=O) groups is 1. The number of anilines is 1. The van der Waals surface area contributed by atoms with Crippen molar-refractivity contribution in [3.8, 4) is 16.5 Å². The van der Waals surface area contributed by atoms with Crippen molar-refractivity contribution in [2.45, 2.75) is 117 Å². The van der Waals surface area contributed by atoms with Crippen LogP contribution in [0.5, 0.6) is 5.75 Å². The summed E-state index contributed by atoms with van der Waals surface area (Å²) in [6, 6.07) is 10.3. The van der Waals surface area contributed by atoms with E-state index in [9.17, 15) is 4.79 Å². The predicted molar refractivity (Wildman–Crippen MR) is 212 cm³/mol. The molecule has 282 valence electrons. The van der Waals surface area contributed by atoms with Gasteiger partial charge in [-0.3, -0.25) is 0 Å². The van der Waals surface area contributed by atoms with E-state index < -0.39 is 26.0 Å². The second-order valence-corrected chi connectivity index (χ2v) is 22.3. The van der Waals surface area contributed by atoms with Gasteiger partial charge in [0.25, 0.3) is 0 Å². The van der Waals surface area contributed by atoms with Gasteiger partial charge in [-0.15, -0.1) is 17.9 Å². The molecule has 12 heteroatoms. The average Bonchev–Trinajstić information content (AvgIpc) is 3.70. The molecule has 1 aliphatic heterocycles. The second kappa shape index (κ2) is 15.4. The number of fused-ring (bicyclic) bond motifs is 1. The highest BCUT2D eigenvalue weighted by atomic mass is 32.1. The Morgan fingerprint density at radius 2 is 1.83 bits per heavy atom. The maximum atomic E-state index is 13.6. The molecule has 52 heavy (non-hydrogen) atoms. The zero-order chi connectivity index (χ0) is 38.1.